The van der Waals surface area contributed by atoms with E-state index in [0.717, 1.165) is 11.1 Å². The smallest absolute Gasteiger partial charge is 0.269 e. The Kier molecular flexibility index (Phi) is 8.28. The van der Waals surface area contributed by atoms with Crippen molar-refractivity contribution >= 4 is 11.6 Å². The molecular weight excluding hydrogens is 508 g/mol. The Morgan fingerprint density at radius 3 is 2.00 bits per heavy atom. The summed E-state index contributed by atoms with van der Waals surface area (Å²) >= 11 is 0. The standard InChI is InChI=1S/C28H30N2O9/c1-34-23-12-17-10-11-29(28(31)18-13-25(36-3)27(38-5)26(14-18)37-4)22(21(17)15-24(23)35-2)16-39-20-8-6-19(7-9-20)30(32)33/h6-9,12-15,22H,10-11,16H2,1-5H3. The molecule has 0 fully saturated rings. The number of carbonyl (C=O) groups excluding carboxylic acids is 1. The second-order valence-corrected chi connectivity index (χ2v) is 8.65. The molecule has 1 aliphatic rings. The highest BCUT2D eigenvalue weighted by Gasteiger charge is 2.34. The molecule has 11 nitrogen and oxygen atoms in total. The van der Waals surface area contributed by atoms with Crippen molar-refractivity contribution < 1.29 is 38.1 Å². The molecule has 1 heterocycles. The lowest BCUT2D eigenvalue weighted by Crippen LogP contribution is -2.42. The number of amides is 1. The van der Waals surface area contributed by atoms with Gasteiger partial charge < -0.3 is 33.3 Å². The molecule has 1 atom stereocenters. The van der Waals surface area contributed by atoms with Crippen LogP contribution in [-0.2, 0) is 6.42 Å². The third-order valence-electron chi connectivity index (χ3n) is 6.63. The first-order valence-electron chi connectivity index (χ1n) is 12.1. The average Bonchev–Trinajstić information content (AvgIpc) is 2.97. The maximum absolute atomic E-state index is 14.0. The second kappa shape index (κ2) is 11.8. The molecule has 0 N–H and O–H groups in total. The number of fused-ring (bicyclic) bond motifs is 1. The Morgan fingerprint density at radius 2 is 1.46 bits per heavy atom. The average molecular weight is 539 g/mol. The molecular formula is C28H30N2O9. The number of non-ortho nitro benzene ring substituents is 1. The minimum atomic E-state index is -0.504. The summed E-state index contributed by atoms with van der Waals surface area (Å²) in [6.07, 6.45) is 0.583. The molecule has 1 amide bonds. The molecule has 0 saturated carbocycles. The first-order valence-corrected chi connectivity index (χ1v) is 12.1. The van der Waals surface area contributed by atoms with Gasteiger partial charge in [0.2, 0.25) is 5.75 Å². The highest BCUT2D eigenvalue weighted by molar-refractivity contribution is 5.96. The summed E-state index contributed by atoms with van der Waals surface area (Å²) in [5.41, 5.74) is 2.16. The second-order valence-electron chi connectivity index (χ2n) is 8.65. The summed E-state index contributed by atoms with van der Waals surface area (Å²) in [7, 11) is 7.60. The van der Waals surface area contributed by atoms with Crippen molar-refractivity contribution in [1.82, 2.24) is 4.90 Å². The van der Waals surface area contributed by atoms with Gasteiger partial charge in [0.05, 0.1) is 46.5 Å². The van der Waals surface area contributed by atoms with E-state index in [1.165, 1.54) is 45.6 Å². The quantitative estimate of drug-likeness (QED) is 0.272. The molecule has 39 heavy (non-hydrogen) atoms. The van der Waals surface area contributed by atoms with Crippen molar-refractivity contribution in [2.45, 2.75) is 12.5 Å². The minimum absolute atomic E-state index is 0.0404. The topological polar surface area (TPSA) is 119 Å². The predicted octanol–water partition coefficient (Wildman–Crippen LogP) is 4.46. The Balaban J connectivity index is 1.73. The number of rotatable bonds is 10. The van der Waals surface area contributed by atoms with Gasteiger partial charge in [0.15, 0.2) is 23.0 Å². The summed E-state index contributed by atoms with van der Waals surface area (Å²) in [4.78, 5) is 26.2. The molecule has 0 aromatic heterocycles. The third kappa shape index (κ3) is 5.47. The number of carbonyl (C=O) groups is 1. The van der Waals surface area contributed by atoms with Gasteiger partial charge >= 0.3 is 0 Å². The van der Waals surface area contributed by atoms with Crippen molar-refractivity contribution in [3.05, 3.63) is 75.3 Å². The zero-order valence-corrected chi connectivity index (χ0v) is 22.4. The predicted molar refractivity (Wildman–Crippen MR) is 142 cm³/mol. The van der Waals surface area contributed by atoms with Crippen LogP contribution in [0.2, 0.25) is 0 Å². The maximum atomic E-state index is 14.0. The van der Waals surface area contributed by atoms with Gasteiger partial charge in [-0.3, -0.25) is 14.9 Å². The Hall–Kier alpha value is -4.67. The first-order chi connectivity index (χ1) is 18.8. The number of hydrogen-bond acceptors (Lipinski definition) is 9. The van der Waals surface area contributed by atoms with Gasteiger partial charge in [-0.2, -0.15) is 0 Å². The van der Waals surface area contributed by atoms with Gasteiger partial charge in [-0.25, -0.2) is 0 Å². The molecule has 1 aliphatic heterocycles. The van der Waals surface area contributed by atoms with E-state index < -0.39 is 11.0 Å². The van der Waals surface area contributed by atoms with Gasteiger partial charge in [0, 0.05) is 24.2 Å². The summed E-state index contributed by atoms with van der Waals surface area (Å²) in [5, 5.41) is 11.0. The zero-order chi connectivity index (χ0) is 28.1. The van der Waals surface area contributed by atoms with Crippen LogP contribution in [0, 0.1) is 10.1 Å². The molecule has 206 valence electrons. The van der Waals surface area contributed by atoms with E-state index in [1.807, 2.05) is 12.1 Å². The molecule has 0 aliphatic carbocycles. The van der Waals surface area contributed by atoms with E-state index in [0.29, 0.717) is 53.0 Å². The molecule has 4 rings (SSSR count). The number of nitro benzene ring substituents is 1. The monoisotopic (exact) mass is 538 g/mol. The summed E-state index contributed by atoms with van der Waals surface area (Å²) in [6.45, 7) is 0.503. The molecule has 11 heteroatoms. The highest BCUT2D eigenvalue weighted by atomic mass is 16.6. The van der Waals surface area contributed by atoms with Crippen LogP contribution >= 0.6 is 0 Å². The largest absolute Gasteiger partial charge is 0.493 e. The number of methoxy groups -OCH3 is 5. The van der Waals surface area contributed by atoms with E-state index in [2.05, 4.69) is 0 Å². The van der Waals surface area contributed by atoms with Gasteiger partial charge in [0.25, 0.3) is 11.6 Å². The van der Waals surface area contributed by atoms with Crippen LogP contribution in [0.4, 0.5) is 5.69 Å². The van der Waals surface area contributed by atoms with Crippen molar-refractivity contribution in [2.24, 2.45) is 0 Å². The van der Waals surface area contributed by atoms with Crippen molar-refractivity contribution in [2.75, 3.05) is 48.7 Å². The van der Waals surface area contributed by atoms with Crippen LogP contribution in [-0.4, -0.2) is 64.4 Å². The van der Waals surface area contributed by atoms with Crippen LogP contribution < -0.4 is 28.4 Å². The van der Waals surface area contributed by atoms with Crippen molar-refractivity contribution in [1.29, 1.82) is 0 Å². The van der Waals surface area contributed by atoms with E-state index in [1.54, 1.807) is 31.3 Å². The van der Waals surface area contributed by atoms with E-state index in [4.69, 9.17) is 28.4 Å². The lowest BCUT2D eigenvalue weighted by atomic mass is 9.91. The molecule has 0 spiro atoms. The lowest BCUT2D eigenvalue weighted by Gasteiger charge is -2.37. The normalized spacial score (nSPS) is 14.2. The number of benzene rings is 3. The third-order valence-corrected chi connectivity index (χ3v) is 6.63. The van der Waals surface area contributed by atoms with Gasteiger partial charge in [0.1, 0.15) is 12.4 Å². The molecule has 1 unspecified atom stereocenters. The van der Waals surface area contributed by atoms with E-state index >= 15 is 0 Å². The molecule has 0 radical (unpaired) electrons. The fraction of sp³-hybridized carbons (Fsp3) is 0.321. The Bertz CT molecular complexity index is 1330. The van der Waals surface area contributed by atoms with Crippen LogP contribution in [0.3, 0.4) is 0 Å². The first kappa shape index (κ1) is 27.4. The fourth-order valence-corrected chi connectivity index (χ4v) is 4.66. The lowest BCUT2D eigenvalue weighted by molar-refractivity contribution is -0.384. The van der Waals surface area contributed by atoms with Crippen molar-refractivity contribution in [3.8, 4) is 34.5 Å². The number of ether oxygens (including phenoxy) is 6. The number of nitro groups is 1. The van der Waals surface area contributed by atoms with E-state index in [9.17, 15) is 14.9 Å². The summed E-state index contributed by atoms with van der Waals surface area (Å²) in [6, 6.07) is 12.3. The van der Waals surface area contributed by atoms with Crippen LogP contribution in [0.25, 0.3) is 0 Å². The molecule has 3 aromatic rings. The SMILES string of the molecule is COc1cc2c(cc1OC)C(COc1ccc([N+](=O)[O-])cc1)N(C(=O)c1cc(OC)c(OC)c(OC)c1)CC2. The Labute approximate surface area is 225 Å². The molecule has 3 aromatic carbocycles. The minimum Gasteiger partial charge on any atom is -0.493 e. The fourth-order valence-electron chi connectivity index (χ4n) is 4.66. The number of hydrogen-bond donors (Lipinski definition) is 0. The van der Waals surface area contributed by atoms with Crippen LogP contribution in [0.1, 0.15) is 27.5 Å². The molecule has 0 bridgehead atoms. The zero-order valence-electron chi connectivity index (χ0n) is 22.4. The highest BCUT2D eigenvalue weighted by Crippen LogP contribution is 2.41. The number of nitrogens with zero attached hydrogens (tertiary/aromatic N) is 2. The summed E-state index contributed by atoms with van der Waals surface area (Å²) < 4.78 is 33.4. The van der Waals surface area contributed by atoms with Crippen molar-refractivity contribution in [3.63, 3.8) is 0 Å². The Morgan fingerprint density at radius 1 is 0.872 bits per heavy atom. The maximum Gasteiger partial charge on any atom is 0.269 e. The van der Waals surface area contributed by atoms with Crippen LogP contribution in [0.15, 0.2) is 48.5 Å². The van der Waals surface area contributed by atoms with Gasteiger partial charge in [-0.15, -0.1) is 0 Å². The van der Waals surface area contributed by atoms with E-state index in [-0.39, 0.29) is 18.2 Å². The van der Waals surface area contributed by atoms with Gasteiger partial charge in [-0.1, -0.05) is 0 Å². The van der Waals surface area contributed by atoms with Crippen LogP contribution in [0.5, 0.6) is 34.5 Å². The van der Waals surface area contributed by atoms with Gasteiger partial charge in [-0.05, 0) is 53.9 Å². The molecule has 0 saturated heterocycles. The summed E-state index contributed by atoms with van der Waals surface area (Å²) in [5.74, 6) is 2.41.